The SMILES string of the molecule is C[C@]1(C(F)(F)F)CC[C@H](C(=O)O)O1. The molecule has 3 nitrogen and oxygen atoms in total. The van der Waals surface area contributed by atoms with Gasteiger partial charge in [0.05, 0.1) is 0 Å². The Kier molecular flexibility index (Phi) is 2.27. The number of carboxylic acids is 1. The van der Waals surface area contributed by atoms with Crippen molar-refractivity contribution in [1.29, 1.82) is 0 Å². The summed E-state index contributed by atoms with van der Waals surface area (Å²) in [6, 6.07) is 0. The van der Waals surface area contributed by atoms with E-state index in [0.717, 1.165) is 6.92 Å². The first-order valence-corrected chi connectivity index (χ1v) is 3.73. The van der Waals surface area contributed by atoms with Crippen LogP contribution in [0.25, 0.3) is 0 Å². The Morgan fingerprint density at radius 1 is 1.62 bits per heavy atom. The first-order chi connectivity index (χ1) is 5.76. The van der Waals surface area contributed by atoms with Crippen molar-refractivity contribution in [1.82, 2.24) is 0 Å². The summed E-state index contributed by atoms with van der Waals surface area (Å²) < 4.78 is 41.2. The Balaban J connectivity index is 2.72. The number of alkyl halides is 3. The third-order valence-electron chi connectivity index (χ3n) is 2.16. The van der Waals surface area contributed by atoms with Crippen molar-refractivity contribution in [2.45, 2.75) is 37.6 Å². The molecule has 0 bridgehead atoms. The fourth-order valence-corrected chi connectivity index (χ4v) is 1.22. The summed E-state index contributed by atoms with van der Waals surface area (Å²) in [7, 11) is 0. The maximum Gasteiger partial charge on any atom is 0.417 e. The van der Waals surface area contributed by atoms with Crippen molar-refractivity contribution >= 4 is 5.97 Å². The van der Waals surface area contributed by atoms with Crippen LogP contribution in [0.5, 0.6) is 0 Å². The zero-order valence-electron chi connectivity index (χ0n) is 6.89. The van der Waals surface area contributed by atoms with Crippen molar-refractivity contribution in [3.05, 3.63) is 0 Å². The topological polar surface area (TPSA) is 46.5 Å². The monoisotopic (exact) mass is 198 g/mol. The van der Waals surface area contributed by atoms with Gasteiger partial charge in [0.1, 0.15) is 0 Å². The molecule has 0 amide bonds. The minimum absolute atomic E-state index is 0.0919. The second kappa shape index (κ2) is 2.87. The van der Waals surface area contributed by atoms with Crippen LogP contribution in [0.3, 0.4) is 0 Å². The molecule has 0 unspecified atom stereocenters. The van der Waals surface area contributed by atoms with Gasteiger partial charge in [-0.3, -0.25) is 0 Å². The van der Waals surface area contributed by atoms with E-state index < -0.39 is 23.9 Å². The summed E-state index contributed by atoms with van der Waals surface area (Å²) in [6.07, 6.45) is -6.22. The lowest BCUT2D eigenvalue weighted by molar-refractivity contribution is -0.263. The maximum absolute atomic E-state index is 12.3. The molecule has 76 valence electrons. The normalized spacial score (nSPS) is 34.9. The van der Waals surface area contributed by atoms with E-state index in [4.69, 9.17) is 5.11 Å². The van der Waals surface area contributed by atoms with Gasteiger partial charge in [-0.25, -0.2) is 4.79 Å². The lowest BCUT2D eigenvalue weighted by Gasteiger charge is -2.26. The van der Waals surface area contributed by atoms with Gasteiger partial charge >= 0.3 is 12.1 Å². The summed E-state index contributed by atoms with van der Waals surface area (Å²) in [6.45, 7) is 0.871. The van der Waals surface area contributed by atoms with Crippen LogP contribution in [0, 0.1) is 0 Å². The van der Waals surface area contributed by atoms with Gasteiger partial charge in [0.15, 0.2) is 11.7 Å². The van der Waals surface area contributed by atoms with Crippen LogP contribution in [0.15, 0.2) is 0 Å². The van der Waals surface area contributed by atoms with Crippen molar-refractivity contribution in [3.8, 4) is 0 Å². The van der Waals surface area contributed by atoms with Crippen molar-refractivity contribution < 1.29 is 27.8 Å². The van der Waals surface area contributed by atoms with Crippen molar-refractivity contribution in [3.63, 3.8) is 0 Å². The molecule has 6 heteroatoms. The molecule has 0 aliphatic carbocycles. The van der Waals surface area contributed by atoms with Gasteiger partial charge in [0, 0.05) is 0 Å². The summed E-state index contributed by atoms with van der Waals surface area (Å²) in [5.74, 6) is -1.34. The van der Waals surface area contributed by atoms with Gasteiger partial charge in [0.2, 0.25) is 0 Å². The van der Waals surface area contributed by atoms with Crippen LogP contribution in [0.1, 0.15) is 19.8 Å². The molecule has 0 aromatic heterocycles. The number of ether oxygens (including phenoxy) is 1. The molecular weight excluding hydrogens is 189 g/mol. The second-order valence-corrected chi connectivity index (χ2v) is 3.21. The number of hydrogen-bond acceptors (Lipinski definition) is 2. The molecule has 1 fully saturated rings. The van der Waals surface area contributed by atoms with E-state index in [1.54, 1.807) is 0 Å². The summed E-state index contributed by atoms with van der Waals surface area (Å²) >= 11 is 0. The van der Waals surface area contributed by atoms with E-state index in [-0.39, 0.29) is 12.8 Å². The molecule has 2 atom stereocenters. The summed E-state index contributed by atoms with van der Waals surface area (Å²) in [4.78, 5) is 10.3. The molecule has 1 rings (SSSR count). The van der Waals surface area contributed by atoms with Gasteiger partial charge in [0.25, 0.3) is 0 Å². The highest BCUT2D eigenvalue weighted by Crippen LogP contribution is 2.42. The highest BCUT2D eigenvalue weighted by Gasteiger charge is 2.57. The molecular formula is C7H9F3O3. The smallest absolute Gasteiger partial charge is 0.417 e. The van der Waals surface area contributed by atoms with Crippen LogP contribution in [-0.4, -0.2) is 29.0 Å². The molecule has 0 spiro atoms. The molecule has 1 N–H and O–H groups in total. The Hall–Kier alpha value is -0.780. The molecule has 1 heterocycles. The number of carbonyl (C=O) groups is 1. The van der Waals surface area contributed by atoms with Crippen LogP contribution in [0.2, 0.25) is 0 Å². The Morgan fingerprint density at radius 2 is 2.15 bits per heavy atom. The van der Waals surface area contributed by atoms with E-state index in [2.05, 4.69) is 4.74 Å². The molecule has 13 heavy (non-hydrogen) atoms. The summed E-state index contributed by atoms with van der Waals surface area (Å²) in [5, 5.41) is 8.42. The highest BCUT2D eigenvalue weighted by molar-refractivity contribution is 5.72. The van der Waals surface area contributed by atoms with Crippen LogP contribution in [-0.2, 0) is 9.53 Å². The standard InChI is InChI=1S/C7H9F3O3/c1-6(7(8,9)10)3-2-4(13-6)5(11)12/h4H,2-3H2,1H3,(H,11,12)/t4-,6-/m1/s1. The lowest BCUT2D eigenvalue weighted by Crippen LogP contribution is -2.42. The minimum Gasteiger partial charge on any atom is -0.479 e. The first-order valence-electron chi connectivity index (χ1n) is 3.73. The van der Waals surface area contributed by atoms with E-state index in [9.17, 15) is 18.0 Å². The molecule has 0 radical (unpaired) electrons. The van der Waals surface area contributed by atoms with Crippen LogP contribution >= 0.6 is 0 Å². The average molecular weight is 198 g/mol. The van der Waals surface area contributed by atoms with Crippen molar-refractivity contribution in [2.24, 2.45) is 0 Å². The number of rotatable bonds is 1. The molecule has 0 aromatic rings. The van der Waals surface area contributed by atoms with E-state index in [1.165, 1.54) is 0 Å². The van der Waals surface area contributed by atoms with E-state index >= 15 is 0 Å². The quantitative estimate of drug-likeness (QED) is 0.695. The molecule has 1 saturated heterocycles. The van der Waals surface area contributed by atoms with Gasteiger partial charge < -0.3 is 9.84 Å². The van der Waals surface area contributed by atoms with Gasteiger partial charge in [-0.2, -0.15) is 13.2 Å². The van der Waals surface area contributed by atoms with Crippen LogP contribution < -0.4 is 0 Å². The highest BCUT2D eigenvalue weighted by atomic mass is 19.4. The Morgan fingerprint density at radius 3 is 2.38 bits per heavy atom. The predicted octanol–water partition coefficient (Wildman–Crippen LogP) is 1.57. The van der Waals surface area contributed by atoms with Crippen molar-refractivity contribution in [2.75, 3.05) is 0 Å². The van der Waals surface area contributed by atoms with Gasteiger partial charge in [-0.05, 0) is 19.8 Å². The fourth-order valence-electron chi connectivity index (χ4n) is 1.22. The summed E-state index contributed by atoms with van der Waals surface area (Å²) in [5.41, 5.74) is -2.30. The predicted molar refractivity (Wildman–Crippen MR) is 36.2 cm³/mol. The zero-order valence-corrected chi connectivity index (χ0v) is 6.89. The number of aliphatic carboxylic acids is 1. The molecule has 1 aliphatic heterocycles. The number of carboxylic acid groups (broad SMARTS) is 1. The first kappa shape index (κ1) is 10.3. The molecule has 0 saturated carbocycles. The van der Waals surface area contributed by atoms with E-state index in [0.29, 0.717) is 0 Å². The van der Waals surface area contributed by atoms with E-state index in [1.807, 2.05) is 0 Å². The van der Waals surface area contributed by atoms with Crippen LogP contribution in [0.4, 0.5) is 13.2 Å². The lowest BCUT2D eigenvalue weighted by atomic mass is 10.0. The molecule has 1 aliphatic rings. The minimum atomic E-state index is -4.50. The number of hydrogen-bond donors (Lipinski definition) is 1. The Bertz CT molecular complexity index is 226. The Labute approximate surface area is 72.5 Å². The maximum atomic E-state index is 12.3. The third kappa shape index (κ3) is 1.77. The zero-order chi connectivity index (χ0) is 10.3. The largest absolute Gasteiger partial charge is 0.479 e. The fraction of sp³-hybridized carbons (Fsp3) is 0.857. The average Bonchev–Trinajstić information content (AvgIpc) is 2.31. The van der Waals surface area contributed by atoms with Gasteiger partial charge in [-0.1, -0.05) is 0 Å². The van der Waals surface area contributed by atoms with Gasteiger partial charge in [-0.15, -0.1) is 0 Å². The second-order valence-electron chi connectivity index (χ2n) is 3.21. The molecule has 0 aromatic carbocycles. The number of halogens is 3. The third-order valence-corrected chi connectivity index (χ3v) is 2.16.